The molecule has 0 radical (unpaired) electrons. The van der Waals surface area contributed by atoms with Gasteiger partial charge in [-0.2, -0.15) is 0 Å². The zero-order chi connectivity index (χ0) is 12.3. The van der Waals surface area contributed by atoms with Crippen LogP contribution in [0.1, 0.15) is 29.6 Å². The highest BCUT2D eigenvalue weighted by Crippen LogP contribution is 2.25. The lowest BCUT2D eigenvalue weighted by molar-refractivity contribution is -0.0209. The van der Waals surface area contributed by atoms with E-state index in [1.54, 1.807) is 7.11 Å². The smallest absolute Gasteiger partial charge is 0.341 e. The van der Waals surface area contributed by atoms with Gasteiger partial charge >= 0.3 is 5.97 Å². The average Bonchev–Trinajstić information content (AvgIpc) is 2.76. The largest absolute Gasteiger partial charge is 0.456 e. The van der Waals surface area contributed by atoms with Gasteiger partial charge in [0.2, 0.25) is 0 Å². The summed E-state index contributed by atoms with van der Waals surface area (Å²) in [5.74, 6) is -1.32. The van der Waals surface area contributed by atoms with E-state index in [2.05, 4.69) is 4.98 Å². The fourth-order valence-electron chi connectivity index (χ4n) is 2.04. The maximum Gasteiger partial charge on any atom is 0.341 e. The molecule has 4 nitrogen and oxygen atoms in total. The predicted octanol–water partition coefficient (Wildman–Crippen LogP) is 1.95. The van der Waals surface area contributed by atoms with Crippen LogP contribution >= 0.6 is 0 Å². The summed E-state index contributed by atoms with van der Waals surface area (Å²) in [4.78, 5) is 15.3. The summed E-state index contributed by atoms with van der Waals surface area (Å²) in [5.41, 5.74) is -0.0817. The number of rotatable bonds is 3. The van der Waals surface area contributed by atoms with Gasteiger partial charge in [-0.3, -0.25) is 4.98 Å². The van der Waals surface area contributed by atoms with E-state index in [-0.39, 0.29) is 17.8 Å². The van der Waals surface area contributed by atoms with Crippen molar-refractivity contribution >= 4 is 5.97 Å². The van der Waals surface area contributed by atoms with Crippen LogP contribution in [-0.2, 0) is 9.47 Å². The standard InChI is InChI=1S/C12H14FNO3/c1-16-10-3-2-4-11(10)17-12(15)8-5-6-14-7-9(8)13/h5-7,10-11H,2-4H2,1H3/t10-,11-/m1/s1. The number of carbonyl (C=O) groups excluding carboxylic acids is 1. The number of pyridine rings is 1. The summed E-state index contributed by atoms with van der Waals surface area (Å²) in [7, 11) is 1.59. The number of methoxy groups -OCH3 is 1. The van der Waals surface area contributed by atoms with Crippen molar-refractivity contribution in [2.75, 3.05) is 7.11 Å². The van der Waals surface area contributed by atoms with Crippen LogP contribution in [0.15, 0.2) is 18.5 Å². The summed E-state index contributed by atoms with van der Waals surface area (Å²) < 4.78 is 23.8. The monoisotopic (exact) mass is 239 g/mol. The van der Waals surface area contributed by atoms with Gasteiger partial charge in [0, 0.05) is 13.3 Å². The van der Waals surface area contributed by atoms with Crippen LogP contribution in [0.5, 0.6) is 0 Å². The van der Waals surface area contributed by atoms with Crippen molar-refractivity contribution in [2.45, 2.75) is 31.5 Å². The first-order chi connectivity index (χ1) is 8.22. The highest BCUT2D eigenvalue weighted by molar-refractivity contribution is 5.89. The second-order valence-corrected chi connectivity index (χ2v) is 4.00. The fourth-order valence-corrected chi connectivity index (χ4v) is 2.04. The van der Waals surface area contributed by atoms with E-state index in [0.717, 1.165) is 25.5 Å². The summed E-state index contributed by atoms with van der Waals surface area (Å²) in [6.45, 7) is 0. The number of ether oxygens (including phenoxy) is 2. The first-order valence-electron chi connectivity index (χ1n) is 5.55. The van der Waals surface area contributed by atoms with Crippen LogP contribution in [0.3, 0.4) is 0 Å². The van der Waals surface area contributed by atoms with Crippen LogP contribution in [-0.4, -0.2) is 30.3 Å². The van der Waals surface area contributed by atoms with Crippen LogP contribution in [0.4, 0.5) is 4.39 Å². The van der Waals surface area contributed by atoms with Crippen LogP contribution in [0.25, 0.3) is 0 Å². The van der Waals surface area contributed by atoms with E-state index < -0.39 is 11.8 Å². The molecule has 0 amide bonds. The lowest BCUT2D eigenvalue weighted by atomic mass is 10.2. The molecule has 0 unspecified atom stereocenters. The number of esters is 1. The fraction of sp³-hybridized carbons (Fsp3) is 0.500. The summed E-state index contributed by atoms with van der Waals surface area (Å²) >= 11 is 0. The first kappa shape index (κ1) is 12.0. The Morgan fingerprint density at radius 2 is 2.24 bits per heavy atom. The van der Waals surface area contributed by atoms with E-state index in [0.29, 0.717) is 0 Å². The van der Waals surface area contributed by atoms with Crippen molar-refractivity contribution in [3.8, 4) is 0 Å². The van der Waals surface area contributed by atoms with Crippen LogP contribution in [0, 0.1) is 5.82 Å². The maximum atomic E-state index is 13.3. The minimum absolute atomic E-state index is 0.0798. The molecule has 1 aliphatic rings. The molecule has 5 heteroatoms. The molecular formula is C12H14FNO3. The number of nitrogens with zero attached hydrogens (tertiary/aromatic N) is 1. The lowest BCUT2D eigenvalue weighted by Crippen LogP contribution is -2.28. The zero-order valence-electron chi connectivity index (χ0n) is 9.56. The van der Waals surface area contributed by atoms with E-state index in [1.807, 2.05) is 0 Å². The molecule has 2 atom stereocenters. The quantitative estimate of drug-likeness (QED) is 0.756. The Morgan fingerprint density at radius 1 is 1.47 bits per heavy atom. The van der Waals surface area contributed by atoms with E-state index in [4.69, 9.17) is 9.47 Å². The second-order valence-electron chi connectivity index (χ2n) is 4.00. The SMILES string of the molecule is CO[C@@H]1CCC[C@H]1OC(=O)c1ccncc1F. The molecule has 1 aliphatic carbocycles. The zero-order valence-corrected chi connectivity index (χ0v) is 9.56. The van der Waals surface area contributed by atoms with Crippen molar-refractivity contribution in [3.05, 3.63) is 29.8 Å². The van der Waals surface area contributed by atoms with Crippen molar-refractivity contribution in [1.82, 2.24) is 4.98 Å². The molecule has 0 N–H and O–H groups in total. The molecule has 0 saturated heterocycles. The molecule has 0 aromatic carbocycles. The van der Waals surface area contributed by atoms with Gasteiger partial charge in [0.1, 0.15) is 6.10 Å². The minimum Gasteiger partial charge on any atom is -0.456 e. The average molecular weight is 239 g/mol. The second kappa shape index (κ2) is 5.23. The number of carbonyl (C=O) groups is 1. The van der Waals surface area contributed by atoms with Gasteiger partial charge in [0.05, 0.1) is 17.9 Å². The molecule has 1 saturated carbocycles. The Balaban J connectivity index is 2.04. The van der Waals surface area contributed by atoms with E-state index >= 15 is 0 Å². The van der Waals surface area contributed by atoms with Crippen molar-refractivity contribution < 1.29 is 18.7 Å². The highest BCUT2D eigenvalue weighted by atomic mass is 19.1. The Morgan fingerprint density at radius 3 is 2.94 bits per heavy atom. The molecular weight excluding hydrogens is 225 g/mol. The number of halogens is 1. The molecule has 17 heavy (non-hydrogen) atoms. The van der Waals surface area contributed by atoms with Crippen molar-refractivity contribution in [2.24, 2.45) is 0 Å². The van der Waals surface area contributed by atoms with E-state index in [9.17, 15) is 9.18 Å². The molecule has 0 bridgehead atoms. The summed E-state index contributed by atoms with van der Waals surface area (Å²) in [6.07, 6.45) is 4.59. The van der Waals surface area contributed by atoms with Gasteiger partial charge in [-0.1, -0.05) is 0 Å². The van der Waals surface area contributed by atoms with Gasteiger partial charge in [0.15, 0.2) is 5.82 Å². The molecule has 1 fully saturated rings. The third-order valence-electron chi connectivity index (χ3n) is 2.95. The number of aromatic nitrogens is 1. The molecule has 2 rings (SSSR count). The Bertz CT molecular complexity index is 410. The van der Waals surface area contributed by atoms with E-state index in [1.165, 1.54) is 12.3 Å². The Kier molecular flexibility index (Phi) is 3.68. The Hall–Kier alpha value is -1.49. The molecule has 0 spiro atoms. The maximum absolute atomic E-state index is 13.3. The third-order valence-corrected chi connectivity index (χ3v) is 2.95. The molecule has 0 aliphatic heterocycles. The molecule has 1 heterocycles. The predicted molar refractivity (Wildman–Crippen MR) is 58.0 cm³/mol. The molecule has 1 aromatic heterocycles. The first-order valence-corrected chi connectivity index (χ1v) is 5.55. The van der Waals surface area contributed by atoms with Crippen LogP contribution in [0.2, 0.25) is 0 Å². The minimum atomic E-state index is -0.663. The topological polar surface area (TPSA) is 48.4 Å². The third kappa shape index (κ3) is 2.61. The van der Waals surface area contributed by atoms with Gasteiger partial charge < -0.3 is 9.47 Å². The normalized spacial score (nSPS) is 23.6. The summed E-state index contributed by atoms with van der Waals surface area (Å²) in [5, 5.41) is 0. The lowest BCUT2D eigenvalue weighted by Gasteiger charge is -2.18. The number of hydrogen-bond acceptors (Lipinski definition) is 4. The highest BCUT2D eigenvalue weighted by Gasteiger charge is 2.31. The van der Waals surface area contributed by atoms with Crippen LogP contribution < -0.4 is 0 Å². The van der Waals surface area contributed by atoms with Gasteiger partial charge in [-0.05, 0) is 25.3 Å². The Labute approximate surface area is 98.8 Å². The number of hydrogen-bond donors (Lipinski definition) is 0. The molecule has 1 aromatic rings. The van der Waals surface area contributed by atoms with Gasteiger partial charge in [-0.15, -0.1) is 0 Å². The van der Waals surface area contributed by atoms with Gasteiger partial charge in [-0.25, -0.2) is 9.18 Å². The van der Waals surface area contributed by atoms with Gasteiger partial charge in [0.25, 0.3) is 0 Å². The van der Waals surface area contributed by atoms with Crippen molar-refractivity contribution in [1.29, 1.82) is 0 Å². The summed E-state index contributed by atoms with van der Waals surface area (Å²) in [6, 6.07) is 1.31. The molecule has 92 valence electrons. The van der Waals surface area contributed by atoms with Crippen molar-refractivity contribution in [3.63, 3.8) is 0 Å².